The van der Waals surface area contributed by atoms with E-state index in [-0.39, 0.29) is 11.0 Å². The summed E-state index contributed by atoms with van der Waals surface area (Å²) < 4.78 is 0. The van der Waals surface area contributed by atoms with Crippen molar-refractivity contribution in [3.8, 4) is 0 Å². The van der Waals surface area contributed by atoms with E-state index < -0.39 is 0 Å². The van der Waals surface area contributed by atoms with Crippen molar-refractivity contribution < 1.29 is 0 Å². The zero-order valence-electron chi connectivity index (χ0n) is 27.9. The Hall–Kier alpha value is -4.82. The largest absolute Gasteiger partial charge is 0.331 e. The van der Waals surface area contributed by atoms with Gasteiger partial charge in [0.1, 0.15) is 0 Å². The molecule has 2 heteroatoms. The van der Waals surface area contributed by atoms with E-state index in [0.717, 1.165) is 30.6 Å². The minimum Gasteiger partial charge on any atom is -0.331 e. The molecule has 0 aliphatic rings. The van der Waals surface area contributed by atoms with Crippen LogP contribution in [0.25, 0.3) is 10.8 Å². The summed E-state index contributed by atoms with van der Waals surface area (Å²) in [7, 11) is 0. The van der Waals surface area contributed by atoms with E-state index in [1.165, 1.54) is 39.0 Å². The third kappa shape index (κ3) is 5.81. The van der Waals surface area contributed by atoms with Crippen LogP contribution in [0.3, 0.4) is 0 Å². The Bertz CT molecular complexity index is 1850. The summed E-state index contributed by atoms with van der Waals surface area (Å²) in [4.78, 5) is 4.89. The molecule has 6 rings (SSSR count). The number of para-hydroxylation sites is 2. The van der Waals surface area contributed by atoms with Gasteiger partial charge in [0.15, 0.2) is 0 Å². The highest BCUT2D eigenvalue weighted by atomic mass is 15.2. The Morgan fingerprint density at radius 2 is 0.913 bits per heavy atom. The zero-order valence-corrected chi connectivity index (χ0v) is 27.9. The van der Waals surface area contributed by atoms with Crippen molar-refractivity contribution in [1.29, 1.82) is 0 Å². The van der Waals surface area contributed by atoms with Crippen molar-refractivity contribution >= 4 is 39.2 Å². The summed E-state index contributed by atoms with van der Waals surface area (Å²) >= 11 is 0. The van der Waals surface area contributed by atoms with Crippen molar-refractivity contribution in [1.82, 2.24) is 0 Å². The Morgan fingerprint density at radius 1 is 0.435 bits per heavy atom. The number of nitrogens with zero attached hydrogens (tertiary/aromatic N) is 2. The predicted molar refractivity (Wildman–Crippen MR) is 199 cm³/mol. The first-order valence-corrected chi connectivity index (χ1v) is 16.8. The van der Waals surface area contributed by atoms with Crippen LogP contribution < -0.4 is 9.80 Å². The van der Waals surface area contributed by atoms with E-state index in [4.69, 9.17) is 0 Å². The molecule has 0 heterocycles. The molecule has 0 amide bonds. The lowest BCUT2D eigenvalue weighted by Gasteiger charge is -2.43. The highest BCUT2D eigenvalue weighted by molar-refractivity contribution is 5.99. The first-order valence-electron chi connectivity index (χ1n) is 16.8. The highest BCUT2D eigenvalue weighted by Gasteiger charge is 2.34. The van der Waals surface area contributed by atoms with Crippen molar-refractivity contribution in [2.45, 2.75) is 64.8 Å². The maximum atomic E-state index is 2.52. The normalized spacial score (nSPS) is 12.9. The van der Waals surface area contributed by atoms with Gasteiger partial charge in [-0.25, -0.2) is 0 Å². The van der Waals surface area contributed by atoms with Crippen LogP contribution in [0.1, 0.15) is 65.0 Å². The summed E-state index contributed by atoms with van der Waals surface area (Å²) in [5, 5.41) is 2.46. The summed E-state index contributed by atoms with van der Waals surface area (Å²) in [5.41, 5.74) is 8.46. The van der Waals surface area contributed by atoms with Gasteiger partial charge in [-0.15, -0.1) is 0 Å². The first-order chi connectivity index (χ1) is 22.4. The maximum Gasteiger partial charge on any atom is 0.0671 e. The molecule has 0 aromatic heterocycles. The van der Waals surface area contributed by atoms with Gasteiger partial charge in [-0.3, -0.25) is 0 Å². The van der Waals surface area contributed by atoms with E-state index >= 15 is 0 Å². The molecule has 0 bridgehead atoms. The molecule has 0 N–H and O–H groups in total. The molecule has 0 saturated heterocycles. The number of fused-ring (bicyclic) bond motifs is 1. The first kappa shape index (κ1) is 31.2. The molecule has 6 aromatic carbocycles. The quantitative estimate of drug-likeness (QED) is 0.146. The minimum absolute atomic E-state index is 0.199. The van der Waals surface area contributed by atoms with Crippen molar-refractivity contribution in [3.05, 3.63) is 163 Å². The van der Waals surface area contributed by atoms with Crippen LogP contribution in [0.5, 0.6) is 0 Å². The monoisotopic (exact) mass is 602 g/mol. The molecule has 0 aliphatic heterocycles. The molecular formula is C44H46N2. The fraction of sp³-hybridized carbons (Fsp3) is 0.227. The molecule has 1 atom stereocenters. The molecule has 232 valence electrons. The van der Waals surface area contributed by atoms with Crippen molar-refractivity contribution in [2.24, 2.45) is 0 Å². The molecule has 0 fully saturated rings. The van der Waals surface area contributed by atoms with E-state index in [2.05, 4.69) is 196 Å². The number of anilines is 5. The van der Waals surface area contributed by atoms with E-state index in [1.54, 1.807) is 0 Å². The topological polar surface area (TPSA) is 6.48 Å². The molecule has 2 nitrogen and oxygen atoms in total. The molecule has 0 saturated carbocycles. The number of hydrogen-bond acceptors (Lipinski definition) is 2. The minimum atomic E-state index is -0.259. The standard InChI is InChI=1S/C44H46N2/c1-6-43(4,7-2)35-26-28-36(29-27-35)44(5,8-3)46(39-22-13-10-14-23-39)40-32-30-38(31-33-40)45(37-20-11-9-12-21-37)42-25-17-19-34-18-15-16-24-41(34)42/h9-33H,6-8H2,1-5H3. The molecule has 0 aliphatic carbocycles. The Labute approximate surface area is 276 Å². The van der Waals surface area contributed by atoms with Gasteiger partial charge < -0.3 is 9.80 Å². The van der Waals surface area contributed by atoms with Gasteiger partial charge >= 0.3 is 0 Å². The van der Waals surface area contributed by atoms with Crippen LogP contribution in [0.2, 0.25) is 0 Å². The average Bonchev–Trinajstić information content (AvgIpc) is 3.13. The summed E-state index contributed by atoms with van der Waals surface area (Å²) in [6.45, 7) is 11.7. The lowest BCUT2D eigenvalue weighted by Crippen LogP contribution is -2.40. The van der Waals surface area contributed by atoms with Gasteiger partial charge in [-0.05, 0) is 103 Å². The van der Waals surface area contributed by atoms with E-state index in [0.29, 0.717) is 0 Å². The Balaban J connectivity index is 1.45. The molecule has 0 radical (unpaired) electrons. The SMILES string of the molecule is CCC(C)(CC)c1ccc(C(C)(CC)N(c2ccccc2)c2ccc(N(c3ccccc3)c3cccc4ccccc34)cc2)cc1. The maximum absolute atomic E-state index is 2.52. The average molecular weight is 603 g/mol. The molecule has 46 heavy (non-hydrogen) atoms. The third-order valence-electron chi connectivity index (χ3n) is 10.3. The van der Waals surface area contributed by atoms with Gasteiger partial charge in [-0.2, -0.15) is 0 Å². The second kappa shape index (κ2) is 13.3. The lowest BCUT2D eigenvalue weighted by molar-refractivity contribution is 0.436. The fourth-order valence-corrected chi connectivity index (χ4v) is 6.84. The second-order valence-corrected chi connectivity index (χ2v) is 12.8. The van der Waals surface area contributed by atoms with Crippen LogP contribution in [-0.4, -0.2) is 0 Å². The summed E-state index contributed by atoms with van der Waals surface area (Å²) in [6.07, 6.45) is 3.22. The van der Waals surface area contributed by atoms with Gasteiger partial charge in [-0.1, -0.05) is 125 Å². The third-order valence-corrected chi connectivity index (χ3v) is 10.3. The van der Waals surface area contributed by atoms with E-state index in [9.17, 15) is 0 Å². The lowest BCUT2D eigenvalue weighted by atomic mass is 9.76. The molecular weight excluding hydrogens is 556 g/mol. The molecule has 0 spiro atoms. The van der Waals surface area contributed by atoms with Crippen LogP contribution in [-0.2, 0) is 11.0 Å². The second-order valence-electron chi connectivity index (χ2n) is 12.8. The number of hydrogen-bond donors (Lipinski definition) is 0. The highest BCUT2D eigenvalue weighted by Crippen LogP contribution is 2.45. The zero-order chi connectivity index (χ0) is 32.1. The number of rotatable bonds is 11. The van der Waals surface area contributed by atoms with Crippen LogP contribution in [0, 0.1) is 0 Å². The van der Waals surface area contributed by atoms with Gasteiger partial charge in [0, 0.05) is 28.1 Å². The predicted octanol–water partition coefficient (Wildman–Crippen LogP) is 12.9. The molecule has 1 unspecified atom stereocenters. The number of benzene rings is 6. The molecule has 6 aromatic rings. The summed E-state index contributed by atoms with van der Waals surface area (Å²) in [6, 6.07) is 55.3. The smallest absolute Gasteiger partial charge is 0.0671 e. The Kier molecular flexibility index (Phi) is 8.99. The van der Waals surface area contributed by atoms with Gasteiger partial charge in [0.25, 0.3) is 0 Å². The van der Waals surface area contributed by atoms with Crippen molar-refractivity contribution in [3.63, 3.8) is 0 Å². The van der Waals surface area contributed by atoms with E-state index in [1.807, 2.05) is 0 Å². The summed E-state index contributed by atoms with van der Waals surface area (Å²) in [5.74, 6) is 0. The van der Waals surface area contributed by atoms with Gasteiger partial charge in [0.2, 0.25) is 0 Å². The Morgan fingerprint density at radius 3 is 1.52 bits per heavy atom. The van der Waals surface area contributed by atoms with Crippen LogP contribution in [0.15, 0.2) is 152 Å². The fourth-order valence-electron chi connectivity index (χ4n) is 6.84. The van der Waals surface area contributed by atoms with Crippen LogP contribution in [0.4, 0.5) is 28.4 Å². The van der Waals surface area contributed by atoms with Crippen LogP contribution >= 0.6 is 0 Å². The van der Waals surface area contributed by atoms with Gasteiger partial charge in [0.05, 0.1) is 11.2 Å². The van der Waals surface area contributed by atoms with Crippen molar-refractivity contribution in [2.75, 3.05) is 9.80 Å².